The smallest absolute Gasteiger partial charge is 0.267 e. The highest BCUT2D eigenvalue weighted by Gasteiger charge is 2.25. The summed E-state index contributed by atoms with van der Waals surface area (Å²) in [6.07, 6.45) is 3.01. The minimum Gasteiger partial charge on any atom is -0.325 e. The molecule has 0 saturated carbocycles. The molecule has 0 aliphatic heterocycles. The van der Waals surface area contributed by atoms with Crippen LogP contribution in [0, 0.1) is 5.92 Å². The molecule has 1 N–H and O–H groups in total. The maximum absolute atomic E-state index is 14.0. The van der Waals surface area contributed by atoms with Gasteiger partial charge in [-0.3, -0.25) is 14.2 Å². The van der Waals surface area contributed by atoms with Gasteiger partial charge in [-0.1, -0.05) is 82.8 Å². The van der Waals surface area contributed by atoms with E-state index in [1.807, 2.05) is 30.3 Å². The number of aryl methyl sites for hydroxylation is 1. The second-order valence-electron chi connectivity index (χ2n) is 10.9. The van der Waals surface area contributed by atoms with Gasteiger partial charge in [0, 0.05) is 10.6 Å². The second-order valence-corrected chi connectivity index (χ2v) is 12.9. The SMILES string of the molecule is CC1CCc2c(sc3nc(SCC(=O)Nc4c(C(C)C)cccc4C(C)C)n(-c4ccccc4)c(=O)c23)C1. The quantitative estimate of drug-likeness (QED) is 0.192. The molecule has 5 nitrogen and oxygen atoms in total. The average molecular weight is 546 g/mol. The van der Waals surface area contributed by atoms with E-state index < -0.39 is 0 Å². The lowest BCUT2D eigenvalue weighted by Crippen LogP contribution is -2.24. The molecule has 198 valence electrons. The first kappa shape index (κ1) is 26.7. The molecule has 0 radical (unpaired) electrons. The molecule has 1 atom stereocenters. The van der Waals surface area contributed by atoms with Crippen LogP contribution in [-0.4, -0.2) is 21.2 Å². The molecule has 1 aliphatic rings. The molecule has 0 bridgehead atoms. The molecule has 2 aromatic heterocycles. The van der Waals surface area contributed by atoms with Crippen molar-refractivity contribution in [3.63, 3.8) is 0 Å². The Hall–Kier alpha value is -2.90. The molecule has 7 heteroatoms. The second kappa shape index (κ2) is 11.1. The first-order valence-corrected chi connectivity index (χ1v) is 15.2. The lowest BCUT2D eigenvalue weighted by molar-refractivity contribution is -0.113. The van der Waals surface area contributed by atoms with Gasteiger partial charge in [-0.25, -0.2) is 4.98 Å². The number of para-hydroxylation sites is 2. The maximum atomic E-state index is 14.0. The fraction of sp³-hybridized carbons (Fsp3) is 0.387. The van der Waals surface area contributed by atoms with Crippen LogP contribution in [0.25, 0.3) is 15.9 Å². The molecule has 1 aliphatic carbocycles. The van der Waals surface area contributed by atoms with Crippen molar-refractivity contribution >= 4 is 44.9 Å². The minimum absolute atomic E-state index is 0.0385. The number of anilines is 1. The van der Waals surface area contributed by atoms with E-state index in [-0.39, 0.29) is 29.1 Å². The number of fused-ring (bicyclic) bond motifs is 3. The van der Waals surface area contributed by atoms with Crippen LogP contribution in [0.5, 0.6) is 0 Å². The summed E-state index contributed by atoms with van der Waals surface area (Å²) < 4.78 is 1.69. The van der Waals surface area contributed by atoms with E-state index in [4.69, 9.17) is 4.98 Å². The van der Waals surface area contributed by atoms with Crippen LogP contribution < -0.4 is 10.9 Å². The zero-order valence-electron chi connectivity index (χ0n) is 22.7. The lowest BCUT2D eigenvalue weighted by Gasteiger charge is -2.20. The molecule has 1 unspecified atom stereocenters. The molecule has 1 amide bonds. The third-order valence-corrected chi connectivity index (χ3v) is 9.37. The zero-order chi connectivity index (χ0) is 27.0. The zero-order valence-corrected chi connectivity index (χ0v) is 24.3. The third-order valence-electron chi connectivity index (χ3n) is 7.28. The highest BCUT2D eigenvalue weighted by atomic mass is 32.2. The van der Waals surface area contributed by atoms with E-state index in [9.17, 15) is 9.59 Å². The van der Waals surface area contributed by atoms with E-state index in [0.29, 0.717) is 11.1 Å². The Kier molecular flexibility index (Phi) is 7.78. The van der Waals surface area contributed by atoms with Gasteiger partial charge in [-0.05, 0) is 65.8 Å². The van der Waals surface area contributed by atoms with Crippen molar-refractivity contribution in [2.75, 3.05) is 11.1 Å². The first-order chi connectivity index (χ1) is 18.2. The van der Waals surface area contributed by atoms with Crippen LogP contribution in [-0.2, 0) is 17.6 Å². The van der Waals surface area contributed by atoms with Gasteiger partial charge in [-0.15, -0.1) is 11.3 Å². The Morgan fingerprint density at radius 3 is 2.42 bits per heavy atom. The first-order valence-electron chi connectivity index (χ1n) is 13.4. The lowest BCUT2D eigenvalue weighted by atomic mass is 9.89. The van der Waals surface area contributed by atoms with E-state index in [0.717, 1.165) is 52.0 Å². The van der Waals surface area contributed by atoms with Gasteiger partial charge in [0.15, 0.2) is 5.16 Å². The van der Waals surface area contributed by atoms with Crippen LogP contribution in [0.1, 0.15) is 74.4 Å². The van der Waals surface area contributed by atoms with Crippen molar-refractivity contribution < 1.29 is 4.79 Å². The van der Waals surface area contributed by atoms with Gasteiger partial charge in [0.05, 0.1) is 16.8 Å². The van der Waals surface area contributed by atoms with E-state index >= 15 is 0 Å². The Morgan fingerprint density at radius 2 is 1.76 bits per heavy atom. The predicted molar refractivity (Wildman–Crippen MR) is 160 cm³/mol. The fourth-order valence-corrected chi connectivity index (χ4v) is 7.51. The number of carbonyl (C=O) groups is 1. The highest BCUT2D eigenvalue weighted by Crippen LogP contribution is 2.37. The molecule has 0 fully saturated rings. The topological polar surface area (TPSA) is 64.0 Å². The summed E-state index contributed by atoms with van der Waals surface area (Å²) in [5.74, 6) is 1.26. The Morgan fingerprint density at radius 1 is 1.08 bits per heavy atom. The van der Waals surface area contributed by atoms with E-state index in [1.165, 1.54) is 22.2 Å². The summed E-state index contributed by atoms with van der Waals surface area (Å²) in [6, 6.07) is 15.9. The van der Waals surface area contributed by atoms with Crippen LogP contribution in [0.15, 0.2) is 58.5 Å². The standard InChI is InChI=1S/C31H35N3O2S2/c1-18(2)22-12-9-13-23(19(3)4)28(22)32-26(35)17-37-31-33-29-27(24-15-14-20(5)16-25(24)38-29)30(36)34(31)21-10-7-6-8-11-21/h6-13,18-20H,14-17H2,1-5H3,(H,32,35). The number of carbonyl (C=O) groups excluding carboxylic acids is 1. The van der Waals surface area contributed by atoms with Crippen LogP contribution in [0.4, 0.5) is 5.69 Å². The minimum atomic E-state index is -0.0988. The van der Waals surface area contributed by atoms with Gasteiger partial charge in [0.25, 0.3) is 5.56 Å². The number of rotatable bonds is 7. The third kappa shape index (κ3) is 5.19. The number of benzene rings is 2. The number of nitrogens with one attached hydrogen (secondary N) is 1. The molecule has 5 rings (SSSR count). The Labute approximate surface area is 232 Å². The molecule has 0 spiro atoms. The number of thioether (sulfide) groups is 1. The van der Waals surface area contributed by atoms with E-state index in [1.54, 1.807) is 15.9 Å². The number of aromatic nitrogens is 2. The summed E-state index contributed by atoms with van der Waals surface area (Å²) >= 11 is 2.96. The monoisotopic (exact) mass is 545 g/mol. The van der Waals surface area contributed by atoms with Crippen molar-refractivity contribution in [1.82, 2.24) is 9.55 Å². The van der Waals surface area contributed by atoms with Gasteiger partial charge < -0.3 is 5.32 Å². The van der Waals surface area contributed by atoms with Gasteiger partial charge in [0.1, 0.15) is 4.83 Å². The summed E-state index contributed by atoms with van der Waals surface area (Å²) in [7, 11) is 0. The number of hydrogen-bond acceptors (Lipinski definition) is 5. The number of amides is 1. The van der Waals surface area contributed by atoms with Crippen LogP contribution in [0.2, 0.25) is 0 Å². The normalized spacial score (nSPS) is 15.3. The maximum Gasteiger partial charge on any atom is 0.267 e. The molecular formula is C31H35N3O2S2. The number of nitrogens with zero attached hydrogens (tertiary/aromatic N) is 2. The van der Waals surface area contributed by atoms with Crippen molar-refractivity contribution in [3.05, 3.63) is 80.5 Å². The van der Waals surface area contributed by atoms with Crippen molar-refractivity contribution in [1.29, 1.82) is 0 Å². The molecule has 38 heavy (non-hydrogen) atoms. The van der Waals surface area contributed by atoms with Crippen molar-refractivity contribution in [2.24, 2.45) is 5.92 Å². The Bertz CT molecular complexity index is 1510. The van der Waals surface area contributed by atoms with Gasteiger partial charge in [-0.2, -0.15) is 0 Å². The van der Waals surface area contributed by atoms with Crippen LogP contribution >= 0.6 is 23.1 Å². The van der Waals surface area contributed by atoms with Crippen molar-refractivity contribution in [3.8, 4) is 5.69 Å². The summed E-state index contributed by atoms with van der Waals surface area (Å²) in [6.45, 7) is 10.8. The number of thiophene rings is 1. The molecule has 4 aromatic rings. The van der Waals surface area contributed by atoms with Crippen LogP contribution in [0.3, 0.4) is 0 Å². The van der Waals surface area contributed by atoms with Crippen molar-refractivity contribution in [2.45, 2.75) is 70.9 Å². The predicted octanol–water partition coefficient (Wildman–Crippen LogP) is 7.55. The van der Waals surface area contributed by atoms with E-state index in [2.05, 4.69) is 58.1 Å². The molecular weight excluding hydrogens is 510 g/mol. The molecule has 2 aromatic carbocycles. The van der Waals surface area contributed by atoms with Gasteiger partial charge >= 0.3 is 0 Å². The summed E-state index contributed by atoms with van der Waals surface area (Å²) in [5.41, 5.74) is 5.08. The summed E-state index contributed by atoms with van der Waals surface area (Å²) in [4.78, 5) is 34.3. The fourth-order valence-electron chi connectivity index (χ4n) is 5.27. The van der Waals surface area contributed by atoms with Gasteiger partial charge in [0.2, 0.25) is 5.91 Å². The number of hydrogen-bond donors (Lipinski definition) is 1. The average Bonchev–Trinajstić information content (AvgIpc) is 3.25. The largest absolute Gasteiger partial charge is 0.325 e. The Balaban J connectivity index is 1.50. The summed E-state index contributed by atoms with van der Waals surface area (Å²) in [5, 5.41) is 4.50. The molecule has 0 saturated heterocycles. The molecule has 2 heterocycles. The highest BCUT2D eigenvalue weighted by molar-refractivity contribution is 7.99.